The van der Waals surface area contributed by atoms with Gasteiger partial charge in [0.1, 0.15) is 11.5 Å². The zero-order valence-corrected chi connectivity index (χ0v) is 17.7. The lowest BCUT2D eigenvalue weighted by Gasteiger charge is -2.23. The first kappa shape index (κ1) is 22.5. The number of primary amides is 1. The van der Waals surface area contributed by atoms with Crippen LogP contribution < -0.4 is 19.9 Å². The molecule has 9 heteroatoms. The number of rotatable bonds is 10. The number of furan rings is 1. The van der Waals surface area contributed by atoms with Crippen molar-refractivity contribution in [1.82, 2.24) is 4.90 Å². The molecule has 0 radical (unpaired) electrons. The Labute approximate surface area is 184 Å². The van der Waals surface area contributed by atoms with Crippen molar-refractivity contribution in [1.29, 1.82) is 0 Å². The molecule has 0 saturated carbocycles. The second-order valence-corrected chi connectivity index (χ2v) is 6.87. The van der Waals surface area contributed by atoms with E-state index in [1.807, 2.05) is 0 Å². The van der Waals surface area contributed by atoms with Crippen molar-refractivity contribution in [2.45, 2.75) is 13.1 Å². The lowest BCUT2D eigenvalue weighted by atomic mass is 10.1. The van der Waals surface area contributed by atoms with Gasteiger partial charge in [0.15, 0.2) is 18.1 Å². The number of nitrogens with zero attached hydrogens (tertiary/aromatic N) is 1. The topological polar surface area (TPSA) is 124 Å². The molecule has 0 spiro atoms. The summed E-state index contributed by atoms with van der Waals surface area (Å²) in [5.41, 5.74) is 6.27. The lowest BCUT2D eigenvalue weighted by Crippen LogP contribution is -2.30. The van der Waals surface area contributed by atoms with Gasteiger partial charge in [-0.05, 0) is 42.0 Å². The van der Waals surface area contributed by atoms with Crippen molar-refractivity contribution in [3.63, 3.8) is 0 Å². The number of carbonyl (C=O) groups is 2. The molecule has 0 fully saturated rings. The Morgan fingerprint density at radius 1 is 1.03 bits per heavy atom. The van der Waals surface area contributed by atoms with Gasteiger partial charge in [0.05, 0.1) is 27.0 Å². The zero-order valence-electron chi connectivity index (χ0n) is 17.7. The minimum absolute atomic E-state index is 0.138. The molecule has 0 aliphatic heterocycles. The molecule has 3 aromatic rings. The molecular formula is C23H24N2O7. The van der Waals surface area contributed by atoms with Crippen LogP contribution in [0.3, 0.4) is 0 Å². The lowest BCUT2D eigenvalue weighted by molar-refractivity contribution is -0.120. The van der Waals surface area contributed by atoms with Gasteiger partial charge >= 0.3 is 0 Å². The molecule has 9 nitrogen and oxygen atoms in total. The summed E-state index contributed by atoms with van der Waals surface area (Å²) in [6.07, 6.45) is 1.54. The van der Waals surface area contributed by atoms with Crippen LogP contribution in [0, 0.1) is 0 Å². The van der Waals surface area contributed by atoms with Gasteiger partial charge in [-0.15, -0.1) is 0 Å². The van der Waals surface area contributed by atoms with E-state index in [9.17, 15) is 14.7 Å². The zero-order chi connectivity index (χ0) is 23.1. The highest BCUT2D eigenvalue weighted by molar-refractivity contribution is 5.95. The molecule has 3 rings (SSSR count). The van der Waals surface area contributed by atoms with Gasteiger partial charge in [0.25, 0.3) is 11.8 Å². The fraction of sp³-hybridized carbons (Fsp3) is 0.217. The monoisotopic (exact) mass is 440 g/mol. The van der Waals surface area contributed by atoms with E-state index in [1.54, 1.807) is 41.3 Å². The van der Waals surface area contributed by atoms with E-state index >= 15 is 0 Å². The second kappa shape index (κ2) is 10.3. The van der Waals surface area contributed by atoms with Gasteiger partial charge in [-0.1, -0.05) is 12.1 Å². The van der Waals surface area contributed by atoms with Gasteiger partial charge in [-0.25, -0.2) is 0 Å². The molecule has 0 atom stereocenters. The van der Waals surface area contributed by atoms with Gasteiger partial charge in [-0.3, -0.25) is 9.59 Å². The number of methoxy groups -OCH3 is 2. The summed E-state index contributed by atoms with van der Waals surface area (Å²) in [6.45, 7) is 0.118. The molecule has 0 aliphatic carbocycles. The van der Waals surface area contributed by atoms with Gasteiger partial charge in [0, 0.05) is 12.1 Å². The molecule has 0 aliphatic rings. The maximum absolute atomic E-state index is 13.5. The van der Waals surface area contributed by atoms with Crippen LogP contribution >= 0.6 is 0 Å². The minimum atomic E-state index is -0.659. The number of benzene rings is 2. The summed E-state index contributed by atoms with van der Waals surface area (Å²) in [4.78, 5) is 26.2. The molecule has 2 aromatic carbocycles. The number of carbonyl (C=O) groups excluding carboxylic acids is 2. The molecule has 0 saturated heterocycles. The number of nitrogens with two attached hydrogens (primary N) is 1. The van der Waals surface area contributed by atoms with Crippen LogP contribution in [0.2, 0.25) is 0 Å². The Morgan fingerprint density at radius 3 is 2.22 bits per heavy atom. The highest BCUT2D eigenvalue weighted by Crippen LogP contribution is 2.39. The Hall–Kier alpha value is -4.14. The number of aromatic hydroxyl groups is 1. The molecule has 0 bridgehead atoms. The van der Waals surface area contributed by atoms with Crippen molar-refractivity contribution in [2.24, 2.45) is 5.73 Å². The third kappa shape index (κ3) is 5.51. The Bertz CT molecular complexity index is 1040. The van der Waals surface area contributed by atoms with Crippen LogP contribution in [-0.2, 0) is 17.9 Å². The fourth-order valence-corrected chi connectivity index (χ4v) is 3.08. The van der Waals surface area contributed by atoms with Gasteiger partial charge < -0.3 is 34.4 Å². The quantitative estimate of drug-likeness (QED) is 0.497. The van der Waals surface area contributed by atoms with Crippen LogP contribution in [-0.4, -0.2) is 42.6 Å². The van der Waals surface area contributed by atoms with Crippen LogP contribution in [0.25, 0.3) is 0 Å². The molecule has 2 amide bonds. The van der Waals surface area contributed by atoms with Crippen molar-refractivity contribution in [3.05, 3.63) is 71.7 Å². The van der Waals surface area contributed by atoms with Crippen LogP contribution in [0.5, 0.6) is 23.0 Å². The number of hydrogen-bond donors (Lipinski definition) is 2. The van der Waals surface area contributed by atoms with Crippen LogP contribution in [0.1, 0.15) is 21.7 Å². The third-order valence-electron chi connectivity index (χ3n) is 4.59. The highest BCUT2D eigenvalue weighted by atomic mass is 16.5. The van der Waals surface area contributed by atoms with Gasteiger partial charge in [-0.2, -0.15) is 0 Å². The van der Waals surface area contributed by atoms with Crippen LogP contribution in [0.4, 0.5) is 0 Å². The maximum Gasteiger partial charge on any atom is 0.255 e. The highest BCUT2D eigenvalue weighted by Gasteiger charge is 2.23. The number of phenols is 1. The number of ether oxygens (including phenoxy) is 3. The van der Waals surface area contributed by atoms with Crippen molar-refractivity contribution < 1.29 is 33.3 Å². The molecular weight excluding hydrogens is 416 g/mol. The Morgan fingerprint density at radius 2 is 1.69 bits per heavy atom. The standard InChI is InChI=1S/C23H24N2O7/c1-29-19-10-16(11-20(30-2)22(19)32-14-21(24)27)23(28)25(13-18-4-3-9-31-18)12-15-5-7-17(26)8-6-15/h3-11,26H,12-14H2,1-2H3,(H2,24,27). The Kier molecular flexibility index (Phi) is 7.22. The summed E-state index contributed by atoms with van der Waals surface area (Å²) in [5, 5.41) is 9.54. The molecule has 32 heavy (non-hydrogen) atoms. The van der Waals surface area contributed by atoms with Crippen molar-refractivity contribution >= 4 is 11.8 Å². The first-order valence-corrected chi connectivity index (χ1v) is 9.68. The summed E-state index contributed by atoms with van der Waals surface area (Å²) >= 11 is 0. The first-order valence-electron chi connectivity index (χ1n) is 9.68. The van der Waals surface area contributed by atoms with E-state index in [2.05, 4.69) is 0 Å². The largest absolute Gasteiger partial charge is 0.508 e. The summed E-state index contributed by atoms with van der Waals surface area (Å²) in [5.74, 6) is 0.381. The summed E-state index contributed by atoms with van der Waals surface area (Å²) in [7, 11) is 2.83. The average molecular weight is 440 g/mol. The normalized spacial score (nSPS) is 10.4. The van der Waals surface area contributed by atoms with Crippen molar-refractivity contribution in [2.75, 3.05) is 20.8 Å². The predicted molar refractivity (Wildman–Crippen MR) is 115 cm³/mol. The molecule has 1 aromatic heterocycles. The SMILES string of the molecule is COc1cc(C(=O)N(Cc2ccc(O)cc2)Cc2ccco2)cc(OC)c1OCC(N)=O. The van der Waals surface area contributed by atoms with Crippen molar-refractivity contribution in [3.8, 4) is 23.0 Å². The minimum Gasteiger partial charge on any atom is -0.508 e. The predicted octanol–water partition coefficient (Wildman–Crippen LogP) is 2.71. The average Bonchev–Trinajstić information content (AvgIpc) is 3.30. The summed E-state index contributed by atoms with van der Waals surface area (Å²) in [6, 6.07) is 13.1. The smallest absolute Gasteiger partial charge is 0.255 e. The number of hydrogen-bond acceptors (Lipinski definition) is 7. The van der Waals surface area contributed by atoms with Gasteiger partial charge in [0.2, 0.25) is 5.75 Å². The number of amides is 2. The molecule has 168 valence electrons. The van der Waals surface area contributed by atoms with E-state index in [0.29, 0.717) is 5.76 Å². The number of phenolic OH excluding ortho intramolecular Hbond substituents is 1. The fourth-order valence-electron chi connectivity index (χ4n) is 3.08. The van der Waals surface area contributed by atoms with E-state index in [4.69, 9.17) is 24.4 Å². The maximum atomic E-state index is 13.5. The van der Waals surface area contributed by atoms with E-state index in [-0.39, 0.29) is 54.2 Å². The third-order valence-corrected chi connectivity index (χ3v) is 4.59. The van der Waals surface area contributed by atoms with Crippen LogP contribution in [0.15, 0.2) is 59.2 Å². The van der Waals surface area contributed by atoms with E-state index in [1.165, 1.54) is 32.6 Å². The van der Waals surface area contributed by atoms with E-state index < -0.39 is 5.91 Å². The Balaban J connectivity index is 1.94. The first-order chi connectivity index (χ1) is 15.4. The molecule has 3 N–H and O–H groups in total. The van der Waals surface area contributed by atoms with E-state index in [0.717, 1.165) is 5.56 Å². The summed E-state index contributed by atoms with van der Waals surface area (Å²) < 4.78 is 21.5. The molecule has 0 unspecified atom stereocenters. The molecule has 1 heterocycles. The second-order valence-electron chi connectivity index (χ2n) is 6.87.